The molecule has 0 unspecified atom stereocenters. The molecule has 2 aliphatic rings. The summed E-state index contributed by atoms with van der Waals surface area (Å²) in [6, 6.07) is 18.5. The van der Waals surface area contributed by atoms with Crippen LogP contribution in [0.25, 0.3) is 11.1 Å². The van der Waals surface area contributed by atoms with Crippen molar-refractivity contribution in [3.05, 3.63) is 59.7 Å². The fourth-order valence-corrected chi connectivity index (χ4v) is 4.01. The molecule has 1 aliphatic heterocycles. The molecule has 2 aromatic rings. The normalized spacial score (nSPS) is 21.2. The van der Waals surface area contributed by atoms with Gasteiger partial charge in [0.2, 0.25) is 0 Å². The summed E-state index contributed by atoms with van der Waals surface area (Å²) in [5.74, 6) is -0.172. The highest BCUT2D eigenvalue weighted by Crippen LogP contribution is 2.44. The number of nitrogens with zero attached hydrogens (tertiary/aromatic N) is 2. The van der Waals surface area contributed by atoms with Crippen LogP contribution in [0.1, 0.15) is 23.5 Å². The number of β-amino-alcohol motifs (C(OH)–C–C–N with tert-alkyl or cyclic N) is 1. The van der Waals surface area contributed by atoms with Gasteiger partial charge >= 0.3 is 6.09 Å². The van der Waals surface area contributed by atoms with E-state index in [9.17, 15) is 9.90 Å². The highest BCUT2D eigenvalue weighted by Gasteiger charge is 2.35. The van der Waals surface area contributed by atoms with Gasteiger partial charge in [0.15, 0.2) is 0 Å². The second-order valence-corrected chi connectivity index (χ2v) is 6.90. The van der Waals surface area contributed by atoms with E-state index in [1.54, 1.807) is 0 Å². The molecule has 26 heavy (non-hydrogen) atoms. The largest absolute Gasteiger partial charge is 0.448 e. The van der Waals surface area contributed by atoms with E-state index in [1.807, 2.05) is 24.3 Å². The third kappa shape index (κ3) is 2.83. The Balaban J connectivity index is 1.47. The number of aliphatic hydroxyl groups is 1. The number of hydrogen-bond acceptors (Lipinski definition) is 4. The van der Waals surface area contributed by atoms with Crippen molar-refractivity contribution in [1.82, 2.24) is 4.90 Å². The fraction of sp³-hybridized carbons (Fsp3) is 0.333. The first-order valence-electron chi connectivity index (χ1n) is 8.84. The van der Waals surface area contributed by atoms with Gasteiger partial charge in [0.25, 0.3) is 0 Å². The second kappa shape index (κ2) is 6.81. The molecule has 132 valence electrons. The predicted molar refractivity (Wildman–Crippen MR) is 96.4 cm³/mol. The van der Waals surface area contributed by atoms with E-state index in [0.717, 1.165) is 0 Å². The van der Waals surface area contributed by atoms with Crippen LogP contribution in [0.5, 0.6) is 0 Å². The topological polar surface area (TPSA) is 73.6 Å². The molecule has 1 aliphatic carbocycles. The van der Waals surface area contributed by atoms with Crippen LogP contribution < -0.4 is 0 Å². The molecule has 1 amide bonds. The highest BCUT2D eigenvalue weighted by molar-refractivity contribution is 5.79. The lowest BCUT2D eigenvalue weighted by Gasteiger charge is -2.19. The number of nitriles is 1. The lowest BCUT2D eigenvalue weighted by Crippen LogP contribution is -2.31. The summed E-state index contributed by atoms with van der Waals surface area (Å²) < 4.78 is 5.59. The minimum Gasteiger partial charge on any atom is -0.448 e. The number of aliphatic hydroxyl groups excluding tert-OH is 1. The van der Waals surface area contributed by atoms with Crippen molar-refractivity contribution in [2.24, 2.45) is 5.92 Å². The number of hydrogen-bond donors (Lipinski definition) is 1. The molecule has 0 aromatic heterocycles. The number of fused-ring (bicyclic) bond motifs is 3. The molecular formula is C21H20N2O3. The quantitative estimate of drug-likeness (QED) is 0.925. The Morgan fingerprint density at radius 2 is 1.73 bits per heavy atom. The SMILES string of the molecule is N#CC[C@@H]1CN(C(=O)OCC2c3ccccc3-c3ccccc32)C[C@H]1O. The lowest BCUT2D eigenvalue weighted by molar-refractivity contribution is 0.0999. The zero-order valence-corrected chi connectivity index (χ0v) is 14.3. The summed E-state index contributed by atoms with van der Waals surface area (Å²) in [5, 5.41) is 18.8. The Hall–Kier alpha value is -2.84. The summed E-state index contributed by atoms with van der Waals surface area (Å²) in [6.45, 7) is 0.858. The molecular weight excluding hydrogens is 328 g/mol. The molecule has 5 nitrogen and oxygen atoms in total. The van der Waals surface area contributed by atoms with Crippen LogP contribution in [-0.2, 0) is 4.74 Å². The van der Waals surface area contributed by atoms with Gasteiger partial charge in [-0.2, -0.15) is 5.26 Å². The maximum absolute atomic E-state index is 12.4. The molecule has 0 radical (unpaired) electrons. The Morgan fingerprint density at radius 1 is 1.12 bits per heavy atom. The number of carbonyl (C=O) groups excluding carboxylic acids is 1. The third-order valence-electron chi connectivity index (χ3n) is 5.35. The van der Waals surface area contributed by atoms with Crippen LogP contribution in [0, 0.1) is 17.2 Å². The Bertz CT molecular complexity index is 828. The van der Waals surface area contributed by atoms with E-state index < -0.39 is 12.2 Å². The number of amides is 1. The molecule has 1 fully saturated rings. The van der Waals surface area contributed by atoms with Gasteiger partial charge in [0, 0.05) is 24.8 Å². The molecule has 5 heteroatoms. The minimum absolute atomic E-state index is 0.0220. The first-order valence-corrected chi connectivity index (χ1v) is 8.84. The summed E-state index contributed by atoms with van der Waals surface area (Å²) >= 11 is 0. The summed E-state index contributed by atoms with van der Waals surface area (Å²) in [7, 11) is 0. The van der Waals surface area contributed by atoms with Gasteiger partial charge in [-0.1, -0.05) is 48.5 Å². The van der Waals surface area contributed by atoms with E-state index in [2.05, 4.69) is 30.3 Å². The van der Waals surface area contributed by atoms with Crippen molar-refractivity contribution in [3.63, 3.8) is 0 Å². The number of ether oxygens (including phenoxy) is 1. The first-order chi connectivity index (χ1) is 12.7. The third-order valence-corrected chi connectivity index (χ3v) is 5.35. The number of likely N-dealkylation sites (tertiary alicyclic amines) is 1. The van der Waals surface area contributed by atoms with Gasteiger partial charge in [-0.15, -0.1) is 0 Å². The minimum atomic E-state index is -0.657. The molecule has 2 aromatic carbocycles. The van der Waals surface area contributed by atoms with Crippen molar-refractivity contribution in [2.45, 2.75) is 18.4 Å². The van der Waals surface area contributed by atoms with Crippen LogP contribution in [0.2, 0.25) is 0 Å². The second-order valence-electron chi connectivity index (χ2n) is 6.90. The van der Waals surface area contributed by atoms with Crippen molar-refractivity contribution in [2.75, 3.05) is 19.7 Å². The maximum atomic E-state index is 12.4. The Morgan fingerprint density at radius 3 is 2.35 bits per heavy atom. The van der Waals surface area contributed by atoms with Crippen LogP contribution >= 0.6 is 0 Å². The number of rotatable bonds is 3. The lowest BCUT2D eigenvalue weighted by atomic mass is 9.98. The van der Waals surface area contributed by atoms with Gasteiger partial charge in [-0.3, -0.25) is 0 Å². The molecule has 0 spiro atoms. The van der Waals surface area contributed by atoms with Gasteiger partial charge in [-0.05, 0) is 22.3 Å². The van der Waals surface area contributed by atoms with Crippen molar-refractivity contribution >= 4 is 6.09 Å². The predicted octanol–water partition coefficient (Wildman–Crippen LogP) is 3.14. The van der Waals surface area contributed by atoms with Crippen molar-refractivity contribution < 1.29 is 14.6 Å². The average Bonchev–Trinajstić information content (AvgIpc) is 3.19. The average molecular weight is 348 g/mol. The van der Waals surface area contributed by atoms with E-state index in [4.69, 9.17) is 10.00 Å². The maximum Gasteiger partial charge on any atom is 0.409 e. The van der Waals surface area contributed by atoms with Gasteiger partial charge in [0.05, 0.1) is 18.7 Å². The summed E-state index contributed by atoms with van der Waals surface area (Å²) in [6.07, 6.45) is -0.838. The number of carbonyl (C=O) groups is 1. The standard InChI is InChI=1S/C21H20N2O3/c22-10-9-14-11-23(12-20(14)24)21(25)26-13-19-17-7-3-1-5-15(17)16-6-2-4-8-18(16)19/h1-8,14,19-20,24H,9,11-13H2/t14-,20-/m1/s1. The number of benzene rings is 2. The van der Waals surface area contributed by atoms with Gasteiger partial charge in [-0.25, -0.2) is 4.79 Å². The summed E-state index contributed by atoms with van der Waals surface area (Å²) in [4.78, 5) is 13.9. The molecule has 1 heterocycles. The fourth-order valence-electron chi connectivity index (χ4n) is 4.01. The molecule has 0 saturated carbocycles. The highest BCUT2D eigenvalue weighted by atomic mass is 16.6. The van der Waals surface area contributed by atoms with Crippen molar-refractivity contribution in [1.29, 1.82) is 5.26 Å². The molecule has 4 rings (SSSR count). The summed E-state index contributed by atoms with van der Waals surface area (Å²) in [5.41, 5.74) is 4.72. The van der Waals surface area contributed by atoms with E-state index in [0.29, 0.717) is 6.54 Å². The van der Waals surface area contributed by atoms with Gasteiger partial charge < -0.3 is 14.7 Å². The van der Waals surface area contributed by atoms with Crippen LogP contribution in [0.15, 0.2) is 48.5 Å². The zero-order valence-electron chi connectivity index (χ0n) is 14.3. The zero-order chi connectivity index (χ0) is 18.1. The van der Waals surface area contributed by atoms with Crippen LogP contribution in [-0.4, -0.2) is 41.9 Å². The van der Waals surface area contributed by atoms with E-state index in [-0.39, 0.29) is 31.4 Å². The van der Waals surface area contributed by atoms with Crippen LogP contribution in [0.3, 0.4) is 0 Å². The molecule has 1 saturated heterocycles. The van der Waals surface area contributed by atoms with Gasteiger partial charge in [0.1, 0.15) is 6.61 Å². The van der Waals surface area contributed by atoms with E-state index >= 15 is 0 Å². The van der Waals surface area contributed by atoms with Crippen molar-refractivity contribution in [3.8, 4) is 17.2 Å². The Labute approximate surface area is 152 Å². The van der Waals surface area contributed by atoms with E-state index in [1.165, 1.54) is 27.2 Å². The molecule has 2 atom stereocenters. The molecule has 1 N–H and O–H groups in total. The Kier molecular flexibility index (Phi) is 4.36. The van der Waals surface area contributed by atoms with Crippen LogP contribution in [0.4, 0.5) is 4.79 Å². The monoisotopic (exact) mass is 348 g/mol. The molecule has 0 bridgehead atoms. The first kappa shape index (κ1) is 16.6. The smallest absolute Gasteiger partial charge is 0.409 e.